The number of imidazole rings is 1. The number of allylic oxidation sites excluding steroid dienone is 2. The second-order valence-electron chi connectivity index (χ2n) is 6.17. The van der Waals surface area contributed by atoms with E-state index in [0.29, 0.717) is 18.7 Å². The molecule has 3 rings (SSSR count). The van der Waals surface area contributed by atoms with Crippen LogP contribution in [0.3, 0.4) is 0 Å². The zero-order chi connectivity index (χ0) is 17.5. The van der Waals surface area contributed by atoms with Gasteiger partial charge in [-0.05, 0) is 19.3 Å². The van der Waals surface area contributed by atoms with Crippen LogP contribution in [0.15, 0.2) is 18.3 Å². The first kappa shape index (κ1) is 16.5. The third-order valence-electron chi connectivity index (χ3n) is 4.56. The predicted molar refractivity (Wildman–Crippen MR) is 75.9 cm³/mol. The van der Waals surface area contributed by atoms with Gasteiger partial charge < -0.3 is 15.0 Å². The number of hydrogen-bond acceptors (Lipinski definition) is 3. The number of alkyl halides is 3. The van der Waals surface area contributed by atoms with Crippen molar-refractivity contribution in [3.63, 3.8) is 0 Å². The molecule has 130 valence electrons. The molecule has 0 saturated heterocycles. The Morgan fingerprint density at radius 1 is 1.33 bits per heavy atom. The number of aryl methyl sites for hydroxylation is 1. The Morgan fingerprint density at radius 3 is 2.58 bits per heavy atom. The molecule has 0 aromatic carbocycles. The topological polar surface area (TPSA) is 84.2 Å². The number of nitrogens with one attached hydrogen (secondary N) is 1. The van der Waals surface area contributed by atoms with E-state index in [9.17, 15) is 27.9 Å². The molecule has 2 aliphatic rings. The minimum atomic E-state index is -4.51. The van der Waals surface area contributed by atoms with E-state index < -0.39 is 35.2 Å². The van der Waals surface area contributed by atoms with E-state index in [1.807, 2.05) is 0 Å². The van der Waals surface area contributed by atoms with Gasteiger partial charge in [0, 0.05) is 25.2 Å². The number of fused-ring (bicyclic) bond motifs is 1. The third kappa shape index (κ3) is 2.78. The Bertz CT molecular complexity index is 701. The van der Waals surface area contributed by atoms with E-state index in [2.05, 4.69) is 10.3 Å². The molecule has 0 fully saturated rings. The average Bonchev–Trinajstić information content (AvgIpc) is 3.13. The van der Waals surface area contributed by atoms with E-state index in [1.54, 1.807) is 12.2 Å². The Hall–Kier alpha value is -2.32. The van der Waals surface area contributed by atoms with Crippen molar-refractivity contribution in [2.75, 3.05) is 0 Å². The summed E-state index contributed by atoms with van der Waals surface area (Å²) in [6, 6.07) is -0.419. The number of hydrogen-bond donors (Lipinski definition) is 2. The molecule has 1 aromatic rings. The van der Waals surface area contributed by atoms with Crippen molar-refractivity contribution in [1.82, 2.24) is 14.9 Å². The molecule has 1 atom stereocenters. The number of carbonyl (C=O) groups excluding carboxylic acids is 1. The lowest BCUT2D eigenvalue weighted by Gasteiger charge is -2.29. The van der Waals surface area contributed by atoms with Crippen LogP contribution < -0.4 is 5.32 Å². The van der Waals surface area contributed by atoms with Crippen molar-refractivity contribution in [2.24, 2.45) is 5.41 Å². The van der Waals surface area contributed by atoms with Crippen LogP contribution in [0.25, 0.3) is 0 Å². The molecule has 0 saturated carbocycles. The molecule has 1 aliphatic heterocycles. The second kappa shape index (κ2) is 5.64. The van der Waals surface area contributed by atoms with Gasteiger partial charge in [0.05, 0.1) is 0 Å². The smallest absolute Gasteiger partial charge is 0.434 e. The second-order valence-corrected chi connectivity index (χ2v) is 6.17. The first-order chi connectivity index (χ1) is 11.2. The van der Waals surface area contributed by atoms with Gasteiger partial charge in [-0.1, -0.05) is 12.2 Å². The Kier molecular flexibility index (Phi) is 3.89. The van der Waals surface area contributed by atoms with Crippen molar-refractivity contribution in [3.8, 4) is 0 Å². The van der Waals surface area contributed by atoms with Crippen molar-refractivity contribution >= 4 is 11.9 Å². The van der Waals surface area contributed by atoms with E-state index in [4.69, 9.17) is 0 Å². The number of amides is 1. The predicted octanol–water partition coefficient (Wildman–Crippen LogP) is 1.75. The standard InChI is InChI=1S/C15H16F3N3O3/c16-15(17,18)10-8-21-7-9(3-4-11(21)20-10)19-12(22)14(13(23)24)5-1-2-6-14/h1-2,8-9H,3-7H2,(H,19,22)(H,23,24). The molecular formula is C15H16F3N3O3. The lowest BCUT2D eigenvalue weighted by atomic mass is 9.84. The summed E-state index contributed by atoms with van der Waals surface area (Å²) in [5.74, 6) is -1.46. The SMILES string of the molecule is O=C(O)C1(C(=O)NC2CCc3nc(C(F)(F)F)cn3C2)CC=CC1. The Morgan fingerprint density at radius 2 is 2.00 bits per heavy atom. The summed E-state index contributed by atoms with van der Waals surface area (Å²) in [6.07, 6.45) is 0.674. The van der Waals surface area contributed by atoms with Gasteiger partial charge in [0.1, 0.15) is 5.82 Å². The van der Waals surface area contributed by atoms with Gasteiger partial charge >= 0.3 is 12.1 Å². The van der Waals surface area contributed by atoms with Gasteiger partial charge in [-0.25, -0.2) is 4.98 Å². The first-order valence-electron chi connectivity index (χ1n) is 7.55. The number of carboxylic acids is 1. The molecule has 24 heavy (non-hydrogen) atoms. The third-order valence-corrected chi connectivity index (χ3v) is 4.56. The van der Waals surface area contributed by atoms with Gasteiger partial charge in [-0.15, -0.1) is 0 Å². The van der Waals surface area contributed by atoms with E-state index in [1.165, 1.54) is 4.57 Å². The number of aromatic nitrogens is 2. The monoisotopic (exact) mass is 343 g/mol. The van der Waals surface area contributed by atoms with Crippen molar-refractivity contribution in [2.45, 2.75) is 44.4 Å². The van der Waals surface area contributed by atoms with Gasteiger partial charge in [-0.2, -0.15) is 13.2 Å². The molecule has 1 aliphatic carbocycles. The molecule has 6 nitrogen and oxygen atoms in total. The van der Waals surface area contributed by atoms with Crippen molar-refractivity contribution in [1.29, 1.82) is 0 Å². The zero-order valence-electron chi connectivity index (χ0n) is 12.6. The summed E-state index contributed by atoms with van der Waals surface area (Å²) in [7, 11) is 0. The van der Waals surface area contributed by atoms with Crippen LogP contribution in [-0.2, 0) is 28.7 Å². The van der Waals surface area contributed by atoms with Crippen LogP contribution in [0.4, 0.5) is 13.2 Å². The van der Waals surface area contributed by atoms with Crippen LogP contribution in [0.5, 0.6) is 0 Å². The summed E-state index contributed by atoms with van der Waals surface area (Å²) in [5, 5.41) is 12.1. The quantitative estimate of drug-likeness (QED) is 0.647. The van der Waals surface area contributed by atoms with Gasteiger partial charge in [0.15, 0.2) is 11.1 Å². The maximum atomic E-state index is 12.7. The van der Waals surface area contributed by atoms with Crippen molar-refractivity contribution in [3.05, 3.63) is 29.9 Å². The maximum Gasteiger partial charge on any atom is 0.434 e. The molecule has 2 heterocycles. The Labute approximate surface area is 135 Å². The minimum Gasteiger partial charge on any atom is -0.480 e. The highest BCUT2D eigenvalue weighted by Crippen LogP contribution is 2.34. The molecule has 1 unspecified atom stereocenters. The molecule has 0 bridgehead atoms. The van der Waals surface area contributed by atoms with Crippen LogP contribution >= 0.6 is 0 Å². The van der Waals surface area contributed by atoms with Gasteiger partial charge in [-0.3, -0.25) is 9.59 Å². The fourth-order valence-electron chi connectivity index (χ4n) is 3.13. The number of nitrogens with zero attached hydrogens (tertiary/aromatic N) is 2. The van der Waals surface area contributed by atoms with Gasteiger partial charge in [0.25, 0.3) is 0 Å². The van der Waals surface area contributed by atoms with E-state index in [-0.39, 0.29) is 19.4 Å². The normalized spacial score (nSPS) is 22.2. The molecule has 1 aromatic heterocycles. The van der Waals surface area contributed by atoms with E-state index in [0.717, 1.165) is 6.20 Å². The number of carboxylic acid groups (broad SMARTS) is 1. The summed E-state index contributed by atoms with van der Waals surface area (Å²) >= 11 is 0. The van der Waals surface area contributed by atoms with Crippen LogP contribution in [0.1, 0.15) is 30.8 Å². The molecular weight excluding hydrogens is 327 g/mol. The highest BCUT2D eigenvalue weighted by molar-refractivity contribution is 6.02. The highest BCUT2D eigenvalue weighted by Gasteiger charge is 2.47. The molecule has 9 heteroatoms. The Balaban J connectivity index is 1.71. The highest BCUT2D eigenvalue weighted by atomic mass is 19.4. The number of halogens is 3. The molecule has 2 N–H and O–H groups in total. The fourth-order valence-corrected chi connectivity index (χ4v) is 3.13. The van der Waals surface area contributed by atoms with Crippen molar-refractivity contribution < 1.29 is 27.9 Å². The molecule has 1 amide bonds. The average molecular weight is 343 g/mol. The lowest BCUT2D eigenvalue weighted by molar-refractivity contribution is -0.155. The number of aliphatic carboxylic acids is 1. The largest absolute Gasteiger partial charge is 0.480 e. The van der Waals surface area contributed by atoms with Crippen LogP contribution in [-0.4, -0.2) is 32.6 Å². The first-order valence-corrected chi connectivity index (χ1v) is 7.55. The van der Waals surface area contributed by atoms with Gasteiger partial charge in [0.2, 0.25) is 5.91 Å². The van der Waals surface area contributed by atoms with E-state index >= 15 is 0 Å². The summed E-state index contributed by atoms with van der Waals surface area (Å²) in [5.41, 5.74) is -2.46. The maximum absolute atomic E-state index is 12.7. The van der Waals surface area contributed by atoms with Crippen LogP contribution in [0.2, 0.25) is 0 Å². The number of rotatable bonds is 3. The zero-order valence-corrected chi connectivity index (χ0v) is 12.6. The molecule has 0 radical (unpaired) electrons. The fraction of sp³-hybridized carbons (Fsp3) is 0.533. The lowest BCUT2D eigenvalue weighted by Crippen LogP contribution is -2.50. The summed E-state index contributed by atoms with van der Waals surface area (Å²) < 4.78 is 39.5. The van der Waals surface area contributed by atoms with Crippen LogP contribution in [0, 0.1) is 5.41 Å². The summed E-state index contributed by atoms with van der Waals surface area (Å²) in [6.45, 7) is 0.146. The minimum absolute atomic E-state index is 0.120. The number of carbonyl (C=O) groups is 2. The summed E-state index contributed by atoms with van der Waals surface area (Å²) in [4.78, 5) is 27.5. The molecule has 0 spiro atoms.